The number of rotatable bonds is 6. The first-order valence-corrected chi connectivity index (χ1v) is 9.51. The van der Waals surface area contributed by atoms with Crippen LogP contribution in [0.4, 0.5) is 0 Å². The Morgan fingerprint density at radius 2 is 0.893 bits per heavy atom. The van der Waals surface area contributed by atoms with Crippen LogP contribution in [0, 0.1) is 0 Å². The minimum absolute atomic E-state index is 0.209. The standard InChI is InChI=1S/C26H26O2/c1-25(2,23-9-5-7-19(15-23)17-27)21-11-13-22(14-12-21)26(3,4)24-10-6-8-20(16-24)18-28/h5-18H,1-4H3. The summed E-state index contributed by atoms with van der Waals surface area (Å²) >= 11 is 0. The molecule has 0 atom stereocenters. The summed E-state index contributed by atoms with van der Waals surface area (Å²) in [4.78, 5) is 22.3. The molecule has 0 spiro atoms. The van der Waals surface area contributed by atoms with E-state index >= 15 is 0 Å². The number of aldehydes is 2. The van der Waals surface area contributed by atoms with Gasteiger partial charge in [-0.05, 0) is 34.4 Å². The van der Waals surface area contributed by atoms with Crippen molar-refractivity contribution in [2.75, 3.05) is 0 Å². The number of carbonyl (C=O) groups is 2. The summed E-state index contributed by atoms with van der Waals surface area (Å²) in [5, 5.41) is 0. The van der Waals surface area contributed by atoms with Crippen molar-refractivity contribution in [2.45, 2.75) is 38.5 Å². The summed E-state index contributed by atoms with van der Waals surface area (Å²) in [5.41, 5.74) is 5.58. The van der Waals surface area contributed by atoms with Gasteiger partial charge in [0.1, 0.15) is 12.6 Å². The van der Waals surface area contributed by atoms with E-state index in [4.69, 9.17) is 0 Å². The average Bonchev–Trinajstić information content (AvgIpc) is 2.74. The van der Waals surface area contributed by atoms with Crippen LogP contribution in [-0.2, 0) is 10.8 Å². The molecule has 0 saturated carbocycles. The van der Waals surface area contributed by atoms with Crippen molar-refractivity contribution >= 4 is 12.6 Å². The Balaban J connectivity index is 1.95. The zero-order valence-electron chi connectivity index (χ0n) is 16.9. The normalized spacial score (nSPS) is 11.9. The Hall–Kier alpha value is -3.00. The molecule has 0 aliphatic rings. The van der Waals surface area contributed by atoms with Gasteiger partial charge in [0.15, 0.2) is 0 Å². The predicted molar refractivity (Wildman–Crippen MR) is 114 cm³/mol. The van der Waals surface area contributed by atoms with E-state index in [1.165, 1.54) is 11.1 Å². The smallest absolute Gasteiger partial charge is 0.150 e. The zero-order chi connectivity index (χ0) is 20.4. The van der Waals surface area contributed by atoms with E-state index in [-0.39, 0.29) is 10.8 Å². The molecule has 0 saturated heterocycles. The van der Waals surface area contributed by atoms with Crippen molar-refractivity contribution in [2.24, 2.45) is 0 Å². The van der Waals surface area contributed by atoms with Gasteiger partial charge in [0.25, 0.3) is 0 Å². The summed E-state index contributed by atoms with van der Waals surface area (Å²) in [6.45, 7) is 8.69. The molecule has 2 heteroatoms. The highest BCUT2D eigenvalue weighted by Crippen LogP contribution is 2.36. The van der Waals surface area contributed by atoms with E-state index in [0.717, 1.165) is 23.7 Å². The Labute approximate surface area is 167 Å². The van der Waals surface area contributed by atoms with Crippen LogP contribution < -0.4 is 0 Å². The van der Waals surface area contributed by atoms with Crippen molar-refractivity contribution in [3.8, 4) is 0 Å². The highest BCUT2D eigenvalue weighted by Gasteiger charge is 2.26. The van der Waals surface area contributed by atoms with Gasteiger partial charge in [-0.3, -0.25) is 9.59 Å². The van der Waals surface area contributed by atoms with Crippen LogP contribution in [0.3, 0.4) is 0 Å². The van der Waals surface area contributed by atoms with E-state index in [1.54, 1.807) is 0 Å². The maximum absolute atomic E-state index is 11.1. The lowest BCUT2D eigenvalue weighted by Gasteiger charge is -2.29. The Kier molecular flexibility index (Phi) is 5.33. The summed E-state index contributed by atoms with van der Waals surface area (Å²) in [6, 6.07) is 24.2. The molecule has 0 bridgehead atoms. The van der Waals surface area contributed by atoms with Gasteiger partial charge in [-0.25, -0.2) is 0 Å². The second kappa shape index (κ2) is 7.55. The lowest BCUT2D eigenvalue weighted by atomic mass is 9.74. The molecule has 0 N–H and O–H groups in total. The predicted octanol–water partition coefficient (Wildman–Crippen LogP) is 5.96. The van der Waals surface area contributed by atoms with Crippen LogP contribution in [0.25, 0.3) is 0 Å². The van der Waals surface area contributed by atoms with Gasteiger partial charge in [0.05, 0.1) is 0 Å². The number of carbonyl (C=O) groups excluding carboxylic acids is 2. The first kappa shape index (κ1) is 19.8. The second-order valence-electron chi connectivity index (χ2n) is 8.31. The lowest BCUT2D eigenvalue weighted by Crippen LogP contribution is -2.21. The Morgan fingerprint density at radius 3 is 1.21 bits per heavy atom. The second-order valence-corrected chi connectivity index (χ2v) is 8.31. The zero-order valence-corrected chi connectivity index (χ0v) is 16.9. The van der Waals surface area contributed by atoms with Gasteiger partial charge >= 0.3 is 0 Å². The summed E-state index contributed by atoms with van der Waals surface area (Å²) in [7, 11) is 0. The lowest BCUT2D eigenvalue weighted by molar-refractivity contribution is 0.111. The van der Waals surface area contributed by atoms with Crippen molar-refractivity contribution in [1.82, 2.24) is 0 Å². The fraction of sp³-hybridized carbons (Fsp3) is 0.231. The van der Waals surface area contributed by atoms with Gasteiger partial charge in [-0.2, -0.15) is 0 Å². The van der Waals surface area contributed by atoms with Crippen LogP contribution in [0.15, 0.2) is 72.8 Å². The molecule has 0 unspecified atom stereocenters. The third kappa shape index (κ3) is 3.68. The molecule has 0 aromatic heterocycles. The van der Waals surface area contributed by atoms with Crippen LogP contribution in [-0.4, -0.2) is 12.6 Å². The third-order valence-corrected chi connectivity index (χ3v) is 5.82. The van der Waals surface area contributed by atoms with E-state index in [2.05, 4.69) is 64.1 Å². The fourth-order valence-electron chi connectivity index (χ4n) is 3.64. The summed E-state index contributed by atoms with van der Waals surface area (Å²) < 4.78 is 0. The van der Waals surface area contributed by atoms with Crippen molar-refractivity contribution < 1.29 is 9.59 Å². The molecule has 0 aliphatic heterocycles. The molecule has 0 heterocycles. The molecule has 28 heavy (non-hydrogen) atoms. The minimum Gasteiger partial charge on any atom is -0.298 e. The largest absolute Gasteiger partial charge is 0.298 e. The first-order valence-electron chi connectivity index (χ1n) is 9.51. The molecular formula is C26H26O2. The molecule has 0 aliphatic carbocycles. The minimum atomic E-state index is -0.209. The van der Waals surface area contributed by atoms with E-state index in [1.807, 2.05) is 36.4 Å². The van der Waals surface area contributed by atoms with Crippen molar-refractivity contribution in [1.29, 1.82) is 0 Å². The summed E-state index contributed by atoms with van der Waals surface area (Å²) in [5.74, 6) is 0. The Morgan fingerprint density at radius 1 is 0.536 bits per heavy atom. The number of benzene rings is 3. The molecular weight excluding hydrogens is 344 g/mol. The van der Waals surface area contributed by atoms with Crippen LogP contribution in [0.2, 0.25) is 0 Å². The highest BCUT2D eigenvalue weighted by atomic mass is 16.1. The van der Waals surface area contributed by atoms with Gasteiger partial charge in [-0.15, -0.1) is 0 Å². The number of hydrogen-bond acceptors (Lipinski definition) is 2. The van der Waals surface area contributed by atoms with Gasteiger partial charge in [0.2, 0.25) is 0 Å². The molecule has 2 nitrogen and oxygen atoms in total. The topological polar surface area (TPSA) is 34.1 Å². The fourth-order valence-corrected chi connectivity index (χ4v) is 3.64. The summed E-state index contributed by atoms with van der Waals surface area (Å²) in [6.07, 6.45) is 1.78. The molecule has 3 rings (SSSR count). The van der Waals surface area contributed by atoms with Crippen LogP contribution in [0.1, 0.15) is 70.7 Å². The molecule has 3 aromatic carbocycles. The molecule has 0 radical (unpaired) electrons. The monoisotopic (exact) mass is 370 g/mol. The SMILES string of the molecule is CC(C)(c1ccc(C(C)(C)c2cccc(C=O)c2)cc1)c1cccc(C=O)c1. The first-order chi connectivity index (χ1) is 13.3. The van der Waals surface area contributed by atoms with Crippen molar-refractivity contribution in [3.05, 3.63) is 106 Å². The maximum atomic E-state index is 11.1. The van der Waals surface area contributed by atoms with Crippen molar-refractivity contribution in [3.63, 3.8) is 0 Å². The maximum Gasteiger partial charge on any atom is 0.150 e. The third-order valence-electron chi connectivity index (χ3n) is 5.82. The number of hydrogen-bond donors (Lipinski definition) is 0. The molecule has 0 amide bonds. The van der Waals surface area contributed by atoms with Gasteiger partial charge < -0.3 is 0 Å². The molecule has 142 valence electrons. The van der Waals surface area contributed by atoms with Crippen LogP contribution >= 0.6 is 0 Å². The van der Waals surface area contributed by atoms with Crippen LogP contribution in [0.5, 0.6) is 0 Å². The average molecular weight is 370 g/mol. The van der Waals surface area contributed by atoms with Gasteiger partial charge in [0, 0.05) is 22.0 Å². The molecule has 0 fully saturated rings. The Bertz CT molecular complexity index is 912. The van der Waals surface area contributed by atoms with E-state index in [0.29, 0.717) is 11.1 Å². The van der Waals surface area contributed by atoms with E-state index < -0.39 is 0 Å². The molecule has 3 aromatic rings. The van der Waals surface area contributed by atoms with E-state index in [9.17, 15) is 9.59 Å². The quantitative estimate of drug-likeness (QED) is 0.501. The van der Waals surface area contributed by atoms with Gasteiger partial charge in [-0.1, -0.05) is 88.4 Å². The highest BCUT2D eigenvalue weighted by molar-refractivity contribution is 5.75.